The molecule has 0 radical (unpaired) electrons. The summed E-state index contributed by atoms with van der Waals surface area (Å²) in [5, 5.41) is 3.47. The highest BCUT2D eigenvalue weighted by atomic mass is 15.3. The number of anilines is 3. The lowest BCUT2D eigenvalue weighted by Gasteiger charge is -2.36. The summed E-state index contributed by atoms with van der Waals surface area (Å²) in [6.45, 7) is 8.88. The molecule has 0 saturated carbocycles. The highest BCUT2D eigenvalue weighted by Gasteiger charge is 2.16. The number of benzene rings is 2. The Kier molecular flexibility index (Phi) is 5.59. The summed E-state index contributed by atoms with van der Waals surface area (Å²) < 4.78 is 0. The van der Waals surface area contributed by atoms with Gasteiger partial charge in [-0.1, -0.05) is 19.1 Å². The second-order valence-corrected chi connectivity index (χ2v) is 6.47. The fourth-order valence-corrected chi connectivity index (χ4v) is 3.18. The fourth-order valence-electron chi connectivity index (χ4n) is 3.18. The molecule has 0 bridgehead atoms. The molecule has 1 heterocycles. The normalized spacial score (nSPS) is 15.5. The van der Waals surface area contributed by atoms with Crippen LogP contribution in [0.25, 0.3) is 0 Å². The Hall–Kier alpha value is -2.20. The lowest BCUT2D eigenvalue weighted by Crippen LogP contribution is -2.46. The first-order chi connectivity index (χ1) is 11.7. The van der Waals surface area contributed by atoms with E-state index in [1.807, 2.05) is 12.1 Å². The summed E-state index contributed by atoms with van der Waals surface area (Å²) in [4.78, 5) is 5.04. The molecule has 4 heteroatoms. The molecular formula is C20H28N4. The van der Waals surface area contributed by atoms with Crippen molar-refractivity contribution in [2.45, 2.75) is 19.9 Å². The monoisotopic (exact) mass is 324 g/mol. The summed E-state index contributed by atoms with van der Waals surface area (Å²) >= 11 is 0. The van der Waals surface area contributed by atoms with Crippen molar-refractivity contribution in [2.24, 2.45) is 0 Å². The van der Waals surface area contributed by atoms with E-state index >= 15 is 0 Å². The largest absolute Gasteiger partial charge is 0.399 e. The first-order valence-corrected chi connectivity index (χ1v) is 8.90. The van der Waals surface area contributed by atoms with Crippen LogP contribution >= 0.6 is 0 Å². The Bertz CT molecular complexity index is 613. The Labute approximate surface area is 145 Å². The minimum absolute atomic E-state index is 0.808. The van der Waals surface area contributed by atoms with E-state index in [0.29, 0.717) is 0 Å². The van der Waals surface area contributed by atoms with E-state index in [-0.39, 0.29) is 0 Å². The van der Waals surface area contributed by atoms with Gasteiger partial charge in [-0.2, -0.15) is 0 Å². The predicted octanol–water partition coefficient (Wildman–Crippen LogP) is 3.41. The van der Waals surface area contributed by atoms with Crippen molar-refractivity contribution in [2.75, 3.05) is 48.7 Å². The van der Waals surface area contributed by atoms with Crippen LogP contribution in [0.5, 0.6) is 0 Å². The highest BCUT2D eigenvalue weighted by molar-refractivity contribution is 5.55. The van der Waals surface area contributed by atoms with Gasteiger partial charge in [-0.25, -0.2) is 0 Å². The average molecular weight is 324 g/mol. The van der Waals surface area contributed by atoms with Gasteiger partial charge in [-0.3, -0.25) is 4.90 Å². The van der Waals surface area contributed by atoms with Crippen LogP contribution in [0.1, 0.15) is 18.9 Å². The Morgan fingerprint density at radius 2 is 1.58 bits per heavy atom. The van der Waals surface area contributed by atoms with Crippen LogP contribution in [0.2, 0.25) is 0 Å². The maximum Gasteiger partial charge on any atom is 0.0400 e. The first kappa shape index (κ1) is 16.7. The molecule has 1 aliphatic heterocycles. The molecule has 2 aromatic rings. The van der Waals surface area contributed by atoms with Crippen LogP contribution in [0.3, 0.4) is 0 Å². The third-order valence-electron chi connectivity index (χ3n) is 4.62. The minimum atomic E-state index is 0.808. The van der Waals surface area contributed by atoms with Gasteiger partial charge in [0.25, 0.3) is 0 Å². The van der Waals surface area contributed by atoms with Crippen molar-refractivity contribution in [3.05, 3.63) is 54.1 Å². The minimum Gasteiger partial charge on any atom is -0.399 e. The average Bonchev–Trinajstić information content (AvgIpc) is 2.63. The molecular weight excluding hydrogens is 296 g/mol. The predicted molar refractivity (Wildman–Crippen MR) is 104 cm³/mol. The molecule has 3 rings (SSSR count). The molecule has 4 nitrogen and oxygen atoms in total. The maximum atomic E-state index is 5.72. The van der Waals surface area contributed by atoms with Crippen LogP contribution in [0.15, 0.2) is 48.5 Å². The molecule has 0 amide bonds. The van der Waals surface area contributed by atoms with E-state index < -0.39 is 0 Å². The van der Waals surface area contributed by atoms with E-state index in [9.17, 15) is 0 Å². The van der Waals surface area contributed by atoms with Crippen molar-refractivity contribution >= 4 is 17.1 Å². The molecule has 0 spiro atoms. The number of hydrogen-bond acceptors (Lipinski definition) is 4. The van der Waals surface area contributed by atoms with Gasteiger partial charge in [-0.05, 0) is 54.9 Å². The quantitative estimate of drug-likeness (QED) is 0.799. The van der Waals surface area contributed by atoms with Crippen molar-refractivity contribution in [1.29, 1.82) is 0 Å². The number of rotatable bonds is 6. The zero-order chi connectivity index (χ0) is 16.8. The third kappa shape index (κ3) is 4.42. The number of hydrogen-bond donors (Lipinski definition) is 2. The summed E-state index contributed by atoms with van der Waals surface area (Å²) in [6.07, 6.45) is 1.24. The molecule has 128 valence electrons. The van der Waals surface area contributed by atoms with Gasteiger partial charge in [0.2, 0.25) is 0 Å². The van der Waals surface area contributed by atoms with Crippen molar-refractivity contribution < 1.29 is 0 Å². The molecule has 0 unspecified atom stereocenters. The highest BCUT2D eigenvalue weighted by Crippen LogP contribution is 2.20. The van der Waals surface area contributed by atoms with Crippen molar-refractivity contribution in [1.82, 2.24) is 4.90 Å². The number of nitrogens with two attached hydrogens (primary N) is 1. The standard InChI is InChI=1S/C20H28N4/c1-2-11-23-12-14-24(15-13-23)20-9-7-19(8-10-20)22-16-17-3-5-18(21)6-4-17/h3-10,22H,2,11-16,21H2,1H3. The van der Waals surface area contributed by atoms with Gasteiger partial charge in [0.1, 0.15) is 0 Å². The van der Waals surface area contributed by atoms with E-state index in [0.717, 1.165) is 31.0 Å². The Morgan fingerprint density at radius 1 is 0.917 bits per heavy atom. The van der Waals surface area contributed by atoms with Crippen LogP contribution < -0.4 is 16.0 Å². The number of nitrogens with zero attached hydrogens (tertiary/aromatic N) is 2. The van der Waals surface area contributed by atoms with Gasteiger partial charge in [0.15, 0.2) is 0 Å². The lowest BCUT2D eigenvalue weighted by atomic mass is 10.2. The number of nitrogens with one attached hydrogen (secondary N) is 1. The molecule has 0 atom stereocenters. The first-order valence-electron chi connectivity index (χ1n) is 8.90. The molecule has 1 saturated heterocycles. The third-order valence-corrected chi connectivity index (χ3v) is 4.62. The summed E-state index contributed by atoms with van der Waals surface area (Å²) in [6, 6.07) is 16.8. The maximum absolute atomic E-state index is 5.72. The summed E-state index contributed by atoms with van der Waals surface area (Å²) in [5.74, 6) is 0. The summed E-state index contributed by atoms with van der Waals surface area (Å²) in [7, 11) is 0. The molecule has 0 aromatic heterocycles. The molecule has 1 aliphatic rings. The second-order valence-electron chi connectivity index (χ2n) is 6.47. The van der Waals surface area contributed by atoms with Gasteiger partial charge in [0.05, 0.1) is 0 Å². The molecule has 3 N–H and O–H groups in total. The van der Waals surface area contributed by atoms with Crippen LogP contribution in [0, 0.1) is 0 Å². The zero-order valence-electron chi connectivity index (χ0n) is 14.5. The number of nitrogen functional groups attached to an aromatic ring is 1. The number of piperazine rings is 1. The molecule has 24 heavy (non-hydrogen) atoms. The van der Waals surface area contributed by atoms with Gasteiger partial charge >= 0.3 is 0 Å². The fraction of sp³-hybridized carbons (Fsp3) is 0.400. The van der Waals surface area contributed by atoms with Gasteiger partial charge in [-0.15, -0.1) is 0 Å². The van der Waals surface area contributed by atoms with Crippen molar-refractivity contribution in [3.63, 3.8) is 0 Å². The van der Waals surface area contributed by atoms with Crippen LogP contribution in [-0.4, -0.2) is 37.6 Å². The molecule has 0 aliphatic carbocycles. The van der Waals surface area contributed by atoms with E-state index in [1.54, 1.807) is 0 Å². The van der Waals surface area contributed by atoms with Crippen molar-refractivity contribution in [3.8, 4) is 0 Å². The lowest BCUT2D eigenvalue weighted by molar-refractivity contribution is 0.258. The van der Waals surface area contributed by atoms with Gasteiger partial charge in [0, 0.05) is 49.8 Å². The molecule has 1 fully saturated rings. The van der Waals surface area contributed by atoms with Crippen LogP contribution in [0.4, 0.5) is 17.1 Å². The Morgan fingerprint density at radius 3 is 2.21 bits per heavy atom. The van der Waals surface area contributed by atoms with E-state index in [4.69, 9.17) is 5.73 Å². The molecule has 2 aromatic carbocycles. The summed E-state index contributed by atoms with van der Waals surface area (Å²) in [5.41, 5.74) is 10.2. The van der Waals surface area contributed by atoms with Crippen LogP contribution in [-0.2, 0) is 6.54 Å². The zero-order valence-corrected chi connectivity index (χ0v) is 14.5. The van der Waals surface area contributed by atoms with Gasteiger partial charge < -0.3 is 16.0 Å². The van der Waals surface area contributed by atoms with E-state index in [2.05, 4.69) is 58.4 Å². The van der Waals surface area contributed by atoms with E-state index in [1.165, 1.54) is 37.3 Å². The smallest absolute Gasteiger partial charge is 0.0400 e. The Balaban J connectivity index is 1.51. The second kappa shape index (κ2) is 8.06. The SMILES string of the molecule is CCCN1CCN(c2ccc(NCc3ccc(N)cc3)cc2)CC1. The topological polar surface area (TPSA) is 44.5 Å².